The Bertz CT molecular complexity index is 845. The van der Waals surface area contributed by atoms with Crippen molar-refractivity contribution >= 4 is 21.8 Å². The van der Waals surface area contributed by atoms with Gasteiger partial charge in [0.15, 0.2) is 0 Å². The van der Waals surface area contributed by atoms with E-state index in [0.717, 1.165) is 5.56 Å². The van der Waals surface area contributed by atoms with Gasteiger partial charge in [0.25, 0.3) is 0 Å². The van der Waals surface area contributed by atoms with E-state index in [-0.39, 0.29) is 47.7 Å². The van der Waals surface area contributed by atoms with Gasteiger partial charge >= 0.3 is 0 Å². The fourth-order valence-electron chi connectivity index (χ4n) is 3.89. The molecule has 0 saturated carbocycles. The predicted octanol–water partition coefficient (Wildman–Crippen LogP) is 1.32. The van der Waals surface area contributed by atoms with E-state index in [4.69, 9.17) is 0 Å². The number of fused-ring (bicyclic) bond motifs is 1. The van der Waals surface area contributed by atoms with E-state index in [1.54, 1.807) is 18.2 Å². The summed E-state index contributed by atoms with van der Waals surface area (Å²) in [5.74, 6) is -0.811. The van der Waals surface area contributed by atoms with Crippen molar-refractivity contribution in [3.05, 3.63) is 42.0 Å². The number of rotatable bonds is 3. The molecule has 2 heterocycles. The third-order valence-electron chi connectivity index (χ3n) is 5.36. The Kier molecular flexibility index (Phi) is 3.81. The molecule has 2 amide bonds. The van der Waals surface area contributed by atoms with E-state index in [2.05, 4.69) is 0 Å². The third kappa shape index (κ3) is 2.53. The number of nitrogens with zero attached hydrogens (tertiary/aromatic N) is 2. The molecule has 0 N–H and O–H groups in total. The predicted molar refractivity (Wildman–Crippen MR) is 90.9 cm³/mol. The lowest BCUT2D eigenvalue weighted by Crippen LogP contribution is -2.62. The fourth-order valence-corrected chi connectivity index (χ4v) is 5.51. The average molecular weight is 360 g/mol. The molecule has 2 saturated heterocycles. The molecule has 1 aromatic rings. The lowest BCUT2D eigenvalue weighted by Gasteiger charge is -2.42. The molecule has 0 spiro atoms. The van der Waals surface area contributed by atoms with Gasteiger partial charge < -0.3 is 0 Å². The maximum absolute atomic E-state index is 12.7. The maximum atomic E-state index is 12.7. The SMILES string of the molecule is Cc1cccc(S(=O)(=O)N2CC(N3C(=O)C4CC=CCC4C3=O)C2)c1. The van der Waals surface area contributed by atoms with Crippen LogP contribution in [0.15, 0.2) is 41.3 Å². The second-order valence-electron chi connectivity index (χ2n) is 6.99. The zero-order valence-corrected chi connectivity index (χ0v) is 14.8. The van der Waals surface area contributed by atoms with Gasteiger partial charge in [-0.1, -0.05) is 24.3 Å². The van der Waals surface area contributed by atoms with Crippen molar-refractivity contribution in [2.45, 2.75) is 30.7 Å². The Hall–Kier alpha value is -1.99. The van der Waals surface area contributed by atoms with E-state index in [0.29, 0.717) is 12.8 Å². The van der Waals surface area contributed by atoms with Gasteiger partial charge in [0.1, 0.15) is 0 Å². The second-order valence-corrected chi connectivity index (χ2v) is 8.93. The summed E-state index contributed by atoms with van der Waals surface area (Å²) in [6, 6.07) is 6.42. The van der Waals surface area contributed by atoms with Crippen molar-refractivity contribution in [2.24, 2.45) is 11.8 Å². The third-order valence-corrected chi connectivity index (χ3v) is 7.19. The van der Waals surface area contributed by atoms with E-state index < -0.39 is 10.0 Å². The number of benzene rings is 1. The number of hydrogen-bond acceptors (Lipinski definition) is 4. The molecule has 7 heteroatoms. The number of sulfonamides is 1. The van der Waals surface area contributed by atoms with Crippen LogP contribution in [0, 0.1) is 18.8 Å². The van der Waals surface area contributed by atoms with Gasteiger partial charge in [-0.2, -0.15) is 4.31 Å². The van der Waals surface area contributed by atoms with Crippen LogP contribution in [0.3, 0.4) is 0 Å². The van der Waals surface area contributed by atoms with Gasteiger partial charge in [0.05, 0.1) is 22.8 Å². The minimum absolute atomic E-state index is 0.142. The minimum atomic E-state index is -3.58. The quantitative estimate of drug-likeness (QED) is 0.602. The standard InChI is InChI=1S/C18H20N2O4S/c1-12-5-4-6-14(9-12)25(23,24)19-10-13(11-19)20-17(21)15-7-2-3-8-16(15)18(20)22/h2-6,9,13,15-16H,7-8,10-11H2,1H3. The van der Waals surface area contributed by atoms with Crippen LogP contribution in [0.1, 0.15) is 18.4 Å². The second kappa shape index (κ2) is 5.78. The lowest BCUT2D eigenvalue weighted by molar-refractivity contribution is -0.145. The first-order valence-corrected chi connectivity index (χ1v) is 9.92. The first-order valence-electron chi connectivity index (χ1n) is 8.48. The van der Waals surface area contributed by atoms with E-state index >= 15 is 0 Å². The molecule has 0 bridgehead atoms. The highest BCUT2D eigenvalue weighted by atomic mass is 32.2. The molecule has 0 radical (unpaired) electrons. The van der Waals surface area contributed by atoms with Crippen molar-refractivity contribution in [2.75, 3.05) is 13.1 Å². The van der Waals surface area contributed by atoms with Crippen LogP contribution in [0.4, 0.5) is 0 Å². The largest absolute Gasteiger partial charge is 0.276 e. The Morgan fingerprint density at radius 1 is 1.00 bits per heavy atom. The molecule has 132 valence electrons. The summed E-state index contributed by atoms with van der Waals surface area (Å²) in [7, 11) is -3.58. The molecule has 25 heavy (non-hydrogen) atoms. The molecular weight excluding hydrogens is 340 g/mol. The van der Waals surface area contributed by atoms with Crippen molar-refractivity contribution in [3.63, 3.8) is 0 Å². The van der Waals surface area contributed by atoms with Crippen molar-refractivity contribution in [3.8, 4) is 0 Å². The van der Waals surface area contributed by atoms with Gasteiger partial charge in [-0.3, -0.25) is 14.5 Å². The number of imide groups is 1. The Labute approximate surface area is 147 Å². The van der Waals surface area contributed by atoms with E-state index in [1.165, 1.54) is 9.21 Å². The number of likely N-dealkylation sites (tertiary alicyclic amines) is 1. The zero-order chi connectivity index (χ0) is 17.8. The molecule has 2 fully saturated rings. The van der Waals surface area contributed by atoms with Crippen molar-refractivity contribution in [1.82, 2.24) is 9.21 Å². The summed E-state index contributed by atoms with van der Waals surface area (Å²) in [6.07, 6.45) is 5.10. The Morgan fingerprint density at radius 3 is 2.16 bits per heavy atom. The van der Waals surface area contributed by atoms with Crippen LogP contribution in [0.2, 0.25) is 0 Å². The average Bonchev–Trinajstić information content (AvgIpc) is 2.79. The van der Waals surface area contributed by atoms with Gasteiger partial charge in [-0.05, 0) is 37.5 Å². The first-order chi connectivity index (χ1) is 11.9. The van der Waals surface area contributed by atoms with Gasteiger partial charge in [0.2, 0.25) is 21.8 Å². The molecule has 0 aromatic heterocycles. The molecule has 2 aliphatic heterocycles. The van der Waals surface area contributed by atoms with E-state index in [9.17, 15) is 18.0 Å². The summed E-state index contributed by atoms with van der Waals surface area (Å²) >= 11 is 0. The molecule has 1 aromatic carbocycles. The zero-order valence-electron chi connectivity index (χ0n) is 14.0. The highest BCUT2D eigenvalue weighted by molar-refractivity contribution is 7.89. The topological polar surface area (TPSA) is 74.8 Å². The normalized spacial score (nSPS) is 27.5. The number of hydrogen-bond donors (Lipinski definition) is 0. The first kappa shape index (κ1) is 16.5. The number of amides is 2. The summed E-state index contributed by atoms with van der Waals surface area (Å²) in [5.41, 5.74) is 0.875. The number of carbonyl (C=O) groups is 2. The van der Waals surface area contributed by atoms with Crippen molar-refractivity contribution < 1.29 is 18.0 Å². The van der Waals surface area contributed by atoms with Gasteiger partial charge in [0, 0.05) is 13.1 Å². The molecule has 2 atom stereocenters. The highest BCUT2D eigenvalue weighted by Crippen LogP contribution is 2.38. The molecule has 2 unspecified atom stereocenters. The van der Waals surface area contributed by atoms with E-state index in [1.807, 2.05) is 25.1 Å². The van der Waals surface area contributed by atoms with Crippen LogP contribution in [-0.4, -0.2) is 48.6 Å². The van der Waals surface area contributed by atoms with Gasteiger partial charge in [-0.25, -0.2) is 8.42 Å². The summed E-state index contributed by atoms with van der Waals surface area (Å²) in [5, 5.41) is 0. The Balaban J connectivity index is 1.49. The summed E-state index contributed by atoms with van der Waals surface area (Å²) in [4.78, 5) is 26.7. The number of allylic oxidation sites excluding steroid dienone is 2. The maximum Gasteiger partial charge on any atom is 0.243 e. The summed E-state index contributed by atoms with van der Waals surface area (Å²) < 4.78 is 26.7. The minimum Gasteiger partial charge on any atom is -0.276 e. The van der Waals surface area contributed by atoms with Crippen molar-refractivity contribution in [1.29, 1.82) is 0 Å². The van der Waals surface area contributed by atoms with Crippen LogP contribution in [0.25, 0.3) is 0 Å². The monoisotopic (exact) mass is 360 g/mol. The van der Waals surface area contributed by atoms with Crippen LogP contribution in [-0.2, 0) is 19.6 Å². The van der Waals surface area contributed by atoms with Gasteiger partial charge in [-0.15, -0.1) is 0 Å². The van der Waals surface area contributed by atoms with Crippen LogP contribution >= 0.6 is 0 Å². The molecule has 1 aliphatic carbocycles. The summed E-state index contributed by atoms with van der Waals surface area (Å²) in [6.45, 7) is 2.20. The Morgan fingerprint density at radius 2 is 1.60 bits per heavy atom. The highest BCUT2D eigenvalue weighted by Gasteiger charge is 2.53. The smallest absolute Gasteiger partial charge is 0.243 e. The van der Waals surface area contributed by atoms with Crippen LogP contribution in [0.5, 0.6) is 0 Å². The fraction of sp³-hybridized carbons (Fsp3) is 0.444. The number of aryl methyl sites for hydroxylation is 1. The van der Waals surface area contributed by atoms with Crippen LogP contribution < -0.4 is 0 Å². The molecule has 4 rings (SSSR count). The molecular formula is C18H20N2O4S. The molecule has 6 nitrogen and oxygen atoms in total. The molecule has 3 aliphatic rings. The lowest BCUT2D eigenvalue weighted by atomic mass is 9.85. The number of carbonyl (C=O) groups excluding carboxylic acids is 2.